The van der Waals surface area contributed by atoms with Gasteiger partial charge < -0.3 is 15.5 Å². The Hall–Kier alpha value is -0.120. The van der Waals surface area contributed by atoms with E-state index in [9.17, 15) is 0 Å². The van der Waals surface area contributed by atoms with Gasteiger partial charge in [-0.2, -0.15) is 0 Å². The first-order valence-corrected chi connectivity index (χ1v) is 5.98. The first kappa shape index (κ1) is 10.4. The van der Waals surface area contributed by atoms with Crippen LogP contribution < -0.4 is 11.1 Å². The minimum absolute atomic E-state index is 0.495. The molecule has 1 aliphatic carbocycles. The zero-order valence-corrected chi connectivity index (χ0v) is 9.34. The second kappa shape index (κ2) is 4.17. The molecule has 0 aromatic carbocycles. The first-order valence-electron chi connectivity index (χ1n) is 5.98. The summed E-state index contributed by atoms with van der Waals surface area (Å²) in [6.45, 7) is 6.33. The summed E-state index contributed by atoms with van der Waals surface area (Å²) in [7, 11) is 2.41. The van der Waals surface area contributed by atoms with E-state index in [1.165, 1.54) is 56.5 Å². The third kappa shape index (κ3) is 2.47. The molecule has 2 aliphatic rings. The number of nitrogens with zero attached hydrogens (tertiary/aromatic N) is 1. The van der Waals surface area contributed by atoms with E-state index in [2.05, 4.69) is 12.4 Å². The average molecular weight is 198 g/mol. The molecular weight excluding hydrogens is 174 g/mol. The van der Waals surface area contributed by atoms with Gasteiger partial charge in [0.1, 0.15) is 0 Å². The summed E-state index contributed by atoms with van der Waals surface area (Å²) >= 11 is 0. The number of rotatable bonds is 2. The van der Waals surface area contributed by atoms with Gasteiger partial charge in [0.25, 0.3) is 0 Å². The second-order valence-electron chi connectivity index (χ2n) is 5.44. The highest BCUT2D eigenvalue weighted by molar-refractivity contribution is 4.78. The van der Waals surface area contributed by atoms with Gasteiger partial charge in [-0.3, -0.25) is 0 Å². The minimum Gasteiger partial charge on any atom is -0.328 e. The molecule has 82 valence electrons. The Kier molecular flexibility index (Phi) is 3.10. The molecule has 1 saturated carbocycles. The van der Waals surface area contributed by atoms with E-state index in [4.69, 9.17) is 5.73 Å². The summed E-state index contributed by atoms with van der Waals surface area (Å²) in [5, 5.41) is 3.43. The maximum Gasteiger partial charge on any atom is 0.0911 e. The summed E-state index contributed by atoms with van der Waals surface area (Å²) in [5.41, 5.74) is 5.95. The van der Waals surface area contributed by atoms with Crippen molar-refractivity contribution in [2.45, 2.75) is 25.3 Å². The summed E-state index contributed by atoms with van der Waals surface area (Å²) in [5.74, 6) is 0.896. The van der Waals surface area contributed by atoms with Crippen LogP contribution in [-0.4, -0.2) is 50.3 Å². The lowest BCUT2D eigenvalue weighted by molar-refractivity contribution is -0.914. The van der Waals surface area contributed by atoms with Crippen LogP contribution >= 0.6 is 0 Å². The largest absolute Gasteiger partial charge is 0.328 e. The maximum absolute atomic E-state index is 5.95. The first-order chi connectivity index (χ1) is 6.68. The lowest BCUT2D eigenvalue weighted by Crippen LogP contribution is -2.57. The molecule has 0 spiro atoms. The fraction of sp³-hybridized carbons (Fsp3) is 1.00. The fourth-order valence-electron chi connectivity index (χ4n) is 3.02. The molecule has 2 unspecified atom stereocenters. The summed E-state index contributed by atoms with van der Waals surface area (Å²) in [4.78, 5) is 0. The molecule has 3 nitrogen and oxygen atoms in total. The lowest BCUT2D eigenvalue weighted by Gasteiger charge is -2.39. The molecular formula is C11H24N3+. The number of hydrogen-bond acceptors (Lipinski definition) is 2. The van der Waals surface area contributed by atoms with Crippen molar-refractivity contribution >= 4 is 0 Å². The normalized spacial score (nSPS) is 37.3. The van der Waals surface area contributed by atoms with E-state index in [0.717, 1.165) is 5.92 Å². The van der Waals surface area contributed by atoms with E-state index in [1.807, 2.05) is 0 Å². The Morgan fingerprint density at radius 3 is 2.57 bits per heavy atom. The Morgan fingerprint density at radius 1 is 1.29 bits per heavy atom. The van der Waals surface area contributed by atoms with Crippen LogP contribution in [0.25, 0.3) is 0 Å². The monoisotopic (exact) mass is 198 g/mol. The molecule has 3 N–H and O–H groups in total. The smallest absolute Gasteiger partial charge is 0.0911 e. The van der Waals surface area contributed by atoms with Gasteiger partial charge in [-0.05, 0) is 19.3 Å². The highest BCUT2D eigenvalue weighted by Crippen LogP contribution is 2.26. The minimum atomic E-state index is 0.495. The van der Waals surface area contributed by atoms with E-state index >= 15 is 0 Å². The van der Waals surface area contributed by atoms with Crippen LogP contribution in [0.1, 0.15) is 19.3 Å². The molecule has 2 fully saturated rings. The van der Waals surface area contributed by atoms with Crippen molar-refractivity contribution in [2.75, 3.05) is 39.8 Å². The van der Waals surface area contributed by atoms with Crippen LogP contribution in [0.3, 0.4) is 0 Å². The Balaban J connectivity index is 1.83. The van der Waals surface area contributed by atoms with Gasteiger partial charge >= 0.3 is 0 Å². The molecule has 2 atom stereocenters. The third-order valence-electron chi connectivity index (χ3n) is 3.94. The molecule has 0 aromatic rings. The third-order valence-corrected chi connectivity index (χ3v) is 3.94. The Morgan fingerprint density at radius 2 is 2.00 bits per heavy atom. The standard InChI is InChI=1S/C11H24N3/c1-14(6-4-13-5-7-14)9-10-2-3-11(12)8-10/h10-11,13H,2-9,12H2,1H3/q+1. The van der Waals surface area contributed by atoms with Gasteiger partial charge in [-0.15, -0.1) is 0 Å². The Bertz CT molecular complexity index is 187. The van der Waals surface area contributed by atoms with E-state index in [0.29, 0.717) is 6.04 Å². The van der Waals surface area contributed by atoms with Crippen molar-refractivity contribution in [1.82, 2.24) is 5.32 Å². The number of nitrogens with two attached hydrogens (primary N) is 1. The molecule has 1 saturated heterocycles. The van der Waals surface area contributed by atoms with Crippen molar-refractivity contribution in [1.29, 1.82) is 0 Å². The van der Waals surface area contributed by atoms with E-state index in [-0.39, 0.29) is 0 Å². The SMILES string of the molecule is C[N+]1(CC2CCC(N)C2)CCNCC1. The molecule has 0 amide bonds. The summed E-state index contributed by atoms with van der Waals surface area (Å²) in [6.07, 6.45) is 3.88. The van der Waals surface area contributed by atoms with Gasteiger partial charge in [0.05, 0.1) is 26.7 Å². The van der Waals surface area contributed by atoms with E-state index < -0.39 is 0 Å². The fourth-order valence-corrected chi connectivity index (χ4v) is 3.02. The highest BCUT2D eigenvalue weighted by atomic mass is 15.4. The van der Waals surface area contributed by atoms with Gasteiger partial charge in [0.15, 0.2) is 0 Å². The van der Waals surface area contributed by atoms with Crippen LogP contribution in [0.2, 0.25) is 0 Å². The number of quaternary nitrogens is 1. The van der Waals surface area contributed by atoms with Crippen LogP contribution in [0.15, 0.2) is 0 Å². The van der Waals surface area contributed by atoms with Crippen LogP contribution in [0.4, 0.5) is 0 Å². The number of likely N-dealkylation sites (N-methyl/N-ethyl adjacent to an activating group) is 1. The molecule has 0 aromatic heterocycles. The van der Waals surface area contributed by atoms with Gasteiger partial charge in [0.2, 0.25) is 0 Å². The van der Waals surface area contributed by atoms with Gasteiger partial charge in [-0.1, -0.05) is 0 Å². The Labute approximate surface area is 87.2 Å². The van der Waals surface area contributed by atoms with Crippen LogP contribution in [0.5, 0.6) is 0 Å². The molecule has 3 heteroatoms. The number of nitrogens with one attached hydrogen (secondary N) is 1. The summed E-state index contributed by atoms with van der Waals surface area (Å²) in [6, 6.07) is 0.495. The average Bonchev–Trinajstić information content (AvgIpc) is 2.51. The topological polar surface area (TPSA) is 38.0 Å². The quantitative estimate of drug-likeness (QED) is 0.621. The molecule has 1 aliphatic heterocycles. The molecule has 1 heterocycles. The van der Waals surface area contributed by atoms with Gasteiger partial charge in [-0.25, -0.2) is 0 Å². The molecule has 14 heavy (non-hydrogen) atoms. The van der Waals surface area contributed by atoms with Crippen molar-refractivity contribution < 1.29 is 4.48 Å². The van der Waals surface area contributed by atoms with Crippen molar-refractivity contribution in [2.24, 2.45) is 11.7 Å². The molecule has 0 bridgehead atoms. The predicted octanol–water partition coefficient (Wildman–Crippen LogP) is 0.164. The van der Waals surface area contributed by atoms with Crippen molar-refractivity contribution in [3.63, 3.8) is 0 Å². The lowest BCUT2D eigenvalue weighted by atomic mass is 10.1. The highest BCUT2D eigenvalue weighted by Gasteiger charge is 2.31. The predicted molar refractivity (Wildman–Crippen MR) is 59.0 cm³/mol. The van der Waals surface area contributed by atoms with Crippen molar-refractivity contribution in [3.05, 3.63) is 0 Å². The molecule has 0 radical (unpaired) electrons. The zero-order valence-electron chi connectivity index (χ0n) is 9.34. The molecule has 2 rings (SSSR count). The maximum atomic E-state index is 5.95. The zero-order chi connectivity index (χ0) is 10.0. The van der Waals surface area contributed by atoms with Crippen LogP contribution in [-0.2, 0) is 0 Å². The number of hydrogen-bond donors (Lipinski definition) is 2. The van der Waals surface area contributed by atoms with Crippen molar-refractivity contribution in [3.8, 4) is 0 Å². The van der Waals surface area contributed by atoms with E-state index in [1.54, 1.807) is 0 Å². The van der Waals surface area contributed by atoms with Gasteiger partial charge in [0, 0.05) is 25.0 Å². The van der Waals surface area contributed by atoms with Crippen LogP contribution in [0, 0.1) is 5.92 Å². The summed E-state index contributed by atoms with van der Waals surface area (Å²) < 4.78 is 1.27. The second-order valence-corrected chi connectivity index (χ2v) is 5.44. The number of piperazine rings is 1.